The number of carbonyl (C=O) groups excluding carboxylic acids is 1. The van der Waals surface area contributed by atoms with Crippen LogP contribution in [0.1, 0.15) is 0 Å². The molecule has 12 heavy (non-hydrogen) atoms. The molecule has 0 rings (SSSR count). The first kappa shape index (κ1) is 10.4. The molecule has 0 bridgehead atoms. The summed E-state index contributed by atoms with van der Waals surface area (Å²) in [7, 11) is 0. The Morgan fingerprint density at radius 3 is 2.25 bits per heavy atom. The standard InChI is InChI=1S/C9H12N2O/c1-4-6-11(7-5-2)9(12)8-10-3/h4-5H,1-2,6-8H2. The molecule has 64 valence electrons. The highest BCUT2D eigenvalue weighted by Crippen LogP contribution is 1.91. The molecule has 3 nitrogen and oxygen atoms in total. The van der Waals surface area contributed by atoms with Crippen LogP contribution < -0.4 is 0 Å². The van der Waals surface area contributed by atoms with E-state index in [1.165, 1.54) is 4.90 Å². The Balaban J connectivity index is 4.08. The number of rotatable bonds is 5. The number of nitrogens with zero attached hydrogens (tertiary/aromatic N) is 2. The van der Waals surface area contributed by atoms with E-state index in [4.69, 9.17) is 6.57 Å². The molecule has 1 amide bonds. The van der Waals surface area contributed by atoms with E-state index in [0.717, 1.165) is 0 Å². The number of carbonyl (C=O) groups is 1. The molecule has 0 aromatic rings. The van der Waals surface area contributed by atoms with E-state index in [1.807, 2.05) is 0 Å². The normalized spacial score (nSPS) is 8.25. The number of hydrogen-bond acceptors (Lipinski definition) is 1. The lowest BCUT2D eigenvalue weighted by Crippen LogP contribution is -2.32. The third kappa shape index (κ3) is 3.57. The highest BCUT2D eigenvalue weighted by atomic mass is 16.2. The van der Waals surface area contributed by atoms with Crippen molar-refractivity contribution in [2.75, 3.05) is 19.6 Å². The lowest BCUT2D eigenvalue weighted by Gasteiger charge is -2.15. The lowest BCUT2D eigenvalue weighted by atomic mass is 10.4. The van der Waals surface area contributed by atoms with E-state index in [2.05, 4.69) is 18.0 Å². The van der Waals surface area contributed by atoms with E-state index < -0.39 is 0 Å². The van der Waals surface area contributed by atoms with Gasteiger partial charge in [-0.1, -0.05) is 12.2 Å². The topological polar surface area (TPSA) is 24.7 Å². The first-order valence-electron chi connectivity index (χ1n) is 3.59. The Kier molecular flexibility index (Phi) is 5.37. The van der Waals surface area contributed by atoms with Gasteiger partial charge in [0.15, 0.2) is 0 Å². The van der Waals surface area contributed by atoms with Crippen LogP contribution in [-0.2, 0) is 4.79 Å². The molecule has 0 saturated carbocycles. The van der Waals surface area contributed by atoms with Crippen LogP contribution in [0.25, 0.3) is 4.85 Å². The molecule has 0 aromatic carbocycles. The van der Waals surface area contributed by atoms with Crippen molar-refractivity contribution in [2.45, 2.75) is 0 Å². The molecular weight excluding hydrogens is 152 g/mol. The maximum absolute atomic E-state index is 11.1. The van der Waals surface area contributed by atoms with E-state index in [0.29, 0.717) is 13.1 Å². The molecule has 0 saturated heterocycles. The second kappa shape index (κ2) is 6.17. The van der Waals surface area contributed by atoms with E-state index in [1.54, 1.807) is 12.2 Å². The van der Waals surface area contributed by atoms with E-state index in [9.17, 15) is 4.79 Å². The lowest BCUT2D eigenvalue weighted by molar-refractivity contribution is -0.128. The SMILES string of the molecule is [C-]#[N+]CC(=O)N(CC=C)CC=C. The molecule has 3 heteroatoms. The Hall–Kier alpha value is -1.56. The molecule has 0 fully saturated rings. The fraction of sp³-hybridized carbons (Fsp3) is 0.333. The fourth-order valence-corrected chi connectivity index (χ4v) is 0.757. The van der Waals surface area contributed by atoms with E-state index >= 15 is 0 Å². The third-order valence-electron chi connectivity index (χ3n) is 1.27. The minimum absolute atomic E-state index is 0.0956. The molecule has 0 heterocycles. The first-order valence-corrected chi connectivity index (χ1v) is 3.59. The van der Waals surface area contributed by atoms with Gasteiger partial charge < -0.3 is 9.74 Å². The van der Waals surface area contributed by atoms with Crippen LogP contribution in [0.4, 0.5) is 0 Å². The van der Waals surface area contributed by atoms with Gasteiger partial charge in [-0.15, -0.1) is 13.2 Å². The summed E-state index contributed by atoms with van der Waals surface area (Å²) in [6.45, 7) is 14.4. The molecule has 0 unspecified atom stereocenters. The molecule has 0 aliphatic rings. The molecule has 0 radical (unpaired) electrons. The van der Waals surface area contributed by atoms with Crippen LogP contribution in [0, 0.1) is 6.57 Å². The Morgan fingerprint density at radius 1 is 1.42 bits per heavy atom. The quantitative estimate of drug-likeness (QED) is 0.441. The van der Waals surface area contributed by atoms with Crippen molar-refractivity contribution < 1.29 is 4.79 Å². The summed E-state index contributed by atoms with van der Waals surface area (Å²) in [5.74, 6) is -0.176. The van der Waals surface area contributed by atoms with Gasteiger partial charge in [-0.05, 0) is 0 Å². The number of hydrogen-bond donors (Lipinski definition) is 0. The molecule has 0 spiro atoms. The molecule has 0 N–H and O–H groups in total. The second-order valence-corrected chi connectivity index (χ2v) is 2.19. The second-order valence-electron chi connectivity index (χ2n) is 2.19. The summed E-state index contributed by atoms with van der Waals surface area (Å²) >= 11 is 0. The molecule has 0 aliphatic heterocycles. The largest absolute Gasteiger partial charge is 0.329 e. The Bertz CT molecular complexity index is 205. The summed E-state index contributed by atoms with van der Waals surface area (Å²) in [4.78, 5) is 15.7. The third-order valence-corrected chi connectivity index (χ3v) is 1.27. The summed E-state index contributed by atoms with van der Waals surface area (Å²) in [5, 5.41) is 0. The van der Waals surface area contributed by atoms with Crippen molar-refractivity contribution >= 4 is 5.91 Å². The van der Waals surface area contributed by atoms with Gasteiger partial charge in [0.1, 0.15) is 0 Å². The van der Waals surface area contributed by atoms with Crippen LogP contribution in [0.15, 0.2) is 25.3 Å². The molecule has 0 aromatic heterocycles. The minimum atomic E-state index is -0.176. The van der Waals surface area contributed by atoms with E-state index in [-0.39, 0.29) is 12.5 Å². The van der Waals surface area contributed by atoms with Crippen LogP contribution in [0.5, 0.6) is 0 Å². The van der Waals surface area contributed by atoms with Gasteiger partial charge in [0.25, 0.3) is 6.54 Å². The maximum Gasteiger partial charge on any atom is 0.303 e. The van der Waals surface area contributed by atoms with Gasteiger partial charge in [-0.3, -0.25) is 4.79 Å². The Labute approximate surface area is 72.8 Å². The molecule has 0 aliphatic carbocycles. The van der Waals surface area contributed by atoms with Crippen LogP contribution >= 0.6 is 0 Å². The number of amides is 1. The predicted octanol–water partition coefficient (Wildman–Crippen LogP) is 1.11. The molecule has 0 atom stereocenters. The van der Waals surface area contributed by atoms with Gasteiger partial charge >= 0.3 is 5.91 Å². The van der Waals surface area contributed by atoms with Gasteiger partial charge in [0.2, 0.25) is 0 Å². The van der Waals surface area contributed by atoms with Gasteiger partial charge in [0, 0.05) is 13.1 Å². The van der Waals surface area contributed by atoms with Crippen molar-refractivity contribution in [1.82, 2.24) is 4.90 Å². The highest BCUT2D eigenvalue weighted by molar-refractivity contribution is 5.79. The minimum Gasteiger partial charge on any atom is -0.329 e. The van der Waals surface area contributed by atoms with Gasteiger partial charge in [0.05, 0.1) is 0 Å². The summed E-state index contributed by atoms with van der Waals surface area (Å²) in [6, 6.07) is 0. The van der Waals surface area contributed by atoms with Crippen molar-refractivity contribution in [1.29, 1.82) is 0 Å². The average molecular weight is 164 g/mol. The highest BCUT2D eigenvalue weighted by Gasteiger charge is 2.11. The van der Waals surface area contributed by atoms with Gasteiger partial charge in [-0.2, -0.15) is 0 Å². The smallest absolute Gasteiger partial charge is 0.303 e. The maximum atomic E-state index is 11.1. The monoisotopic (exact) mass is 164 g/mol. The first-order chi connectivity index (χ1) is 5.76. The van der Waals surface area contributed by atoms with Crippen molar-refractivity contribution in [3.63, 3.8) is 0 Å². The molecular formula is C9H12N2O. The predicted molar refractivity (Wildman–Crippen MR) is 48.4 cm³/mol. The zero-order valence-electron chi connectivity index (χ0n) is 6.99. The summed E-state index contributed by atoms with van der Waals surface area (Å²) < 4.78 is 0. The van der Waals surface area contributed by atoms with Crippen LogP contribution in [0.3, 0.4) is 0 Å². The summed E-state index contributed by atoms with van der Waals surface area (Å²) in [5.41, 5.74) is 0. The fourth-order valence-electron chi connectivity index (χ4n) is 0.757. The van der Waals surface area contributed by atoms with Crippen LogP contribution in [0.2, 0.25) is 0 Å². The van der Waals surface area contributed by atoms with Crippen LogP contribution in [-0.4, -0.2) is 30.4 Å². The van der Waals surface area contributed by atoms with Crippen molar-refractivity contribution in [2.24, 2.45) is 0 Å². The zero-order valence-corrected chi connectivity index (χ0v) is 6.99. The Morgan fingerprint density at radius 2 is 1.92 bits per heavy atom. The van der Waals surface area contributed by atoms with Crippen molar-refractivity contribution in [3.8, 4) is 0 Å². The van der Waals surface area contributed by atoms with Crippen molar-refractivity contribution in [3.05, 3.63) is 36.7 Å². The summed E-state index contributed by atoms with van der Waals surface area (Å²) in [6.07, 6.45) is 3.26. The average Bonchev–Trinajstić information content (AvgIpc) is 2.04. The zero-order chi connectivity index (χ0) is 9.40. The van der Waals surface area contributed by atoms with Gasteiger partial charge in [-0.25, -0.2) is 6.57 Å².